The Hall–Kier alpha value is -1.13. The zero-order chi connectivity index (χ0) is 10.4. The molecule has 1 aromatic heterocycles. The van der Waals surface area contributed by atoms with Crippen molar-refractivity contribution in [2.75, 3.05) is 13.6 Å². The van der Waals surface area contributed by atoms with Gasteiger partial charge in [-0.1, -0.05) is 6.08 Å². The number of aromatic carboxylic acids is 1. The van der Waals surface area contributed by atoms with E-state index in [0.29, 0.717) is 4.88 Å². The minimum absolute atomic E-state index is 0.387. The summed E-state index contributed by atoms with van der Waals surface area (Å²) in [4.78, 5) is 11.9. The van der Waals surface area contributed by atoms with Gasteiger partial charge in [0.2, 0.25) is 0 Å². The highest BCUT2D eigenvalue weighted by Crippen LogP contribution is 2.17. The summed E-state index contributed by atoms with van der Waals surface area (Å²) in [6.45, 7) is 0.938. The van der Waals surface area contributed by atoms with Crippen molar-refractivity contribution >= 4 is 23.4 Å². The van der Waals surface area contributed by atoms with Gasteiger partial charge in [0.05, 0.1) is 0 Å². The molecule has 3 nitrogen and oxygen atoms in total. The molecule has 0 aliphatic heterocycles. The lowest BCUT2D eigenvalue weighted by Crippen LogP contribution is -2.05. The second kappa shape index (κ2) is 5.57. The number of hydrogen-bond acceptors (Lipinski definition) is 3. The molecule has 0 bridgehead atoms. The molecule has 0 spiro atoms. The maximum Gasteiger partial charge on any atom is 0.345 e. The number of carbonyl (C=O) groups is 1. The smallest absolute Gasteiger partial charge is 0.345 e. The highest BCUT2D eigenvalue weighted by molar-refractivity contribution is 7.14. The maximum absolute atomic E-state index is 10.6. The second-order valence-corrected chi connectivity index (χ2v) is 3.92. The van der Waals surface area contributed by atoms with E-state index in [9.17, 15) is 4.79 Å². The zero-order valence-electron chi connectivity index (χ0n) is 7.99. The van der Waals surface area contributed by atoms with E-state index in [4.69, 9.17) is 5.11 Å². The molecule has 0 atom stereocenters. The van der Waals surface area contributed by atoms with Gasteiger partial charge in [0, 0.05) is 4.88 Å². The molecule has 0 saturated carbocycles. The van der Waals surface area contributed by atoms with Gasteiger partial charge in [0.15, 0.2) is 0 Å². The Labute approximate surface area is 87.1 Å². The van der Waals surface area contributed by atoms with Crippen LogP contribution < -0.4 is 5.32 Å². The molecule has 0 saturated heterocycles. The summed E-state index contributed by atoms with van der Waals surface area (Å²) in [5.74, 6) is -0.857. The number of thiophene rings is 1. The van der Waals surface area contributed by atoms with E-state index in [1.165, 1.54) is 11.3 Å². The Morgan fingerprint density at radius 2 is 2.43 bits per heavy atom. The first-order valence-corrected chi connectivity index (χ1v) is 5.20. The van der Waals surface area contributed by atoms with E-state index in [2.05, 4.69) is 5.32 Å². The lowest BCUT2D eigenvalue weighted by molar-refractivity contribution is 0.0702. The highest BCUT2D eigenvalue weighted by Gasteiger charge is 2.04. The third-order valence-electron chi connectivity index (χ3n) is 1.68. The number of hydrogen-bond donors (Lipinski definition) is 2. The third-order valence-corrected chi connectivity index (χ3v) is 2.72. The van der Waals surface area contributed by atoms with Crippen LogP contribution >= 0.6 is 11.3 Å². The average molecular weight is 211 g/mol. The number of carboxylic acid groups (broad SMARTS) is 1. The van der Waals surface area contributed by atoms with Crippen LogP contribution in [0.1, 0.15) is 21.0 Å². The van der Waals surface area contributed by atoms with Crippen LogP contribution in [0.5, 0.6) is 0 Å². The molecule has 0 aromatic carbocycles. The average Bonchev–Trinajstić information content (AvgIpc) is 2.61. The van der Waals surface area contributed by atoms with Crippen LogP contribution in [0, 0.1) is 0 Å². The SMILES string of the molecule is CNCCC=Cc1ccc(C(=O)O)s1. The summed E-state index contributed by atoms with van der Waals surface area (Å²) in [6, 6.07) is 3.45. The molecular weight excluding hydrogens is 198 g/mol. The van der Waals surface area contributed by atoms with E-state index in [1.807, 2.05) is 25.3 Å². The van der Waals surface area contributed by atoms with Crippen molar-refractivity contribution in [3.63, 3.8) is 0 Å². The van der Waals surface area contributed by atoms with E-state index < -0.39 is 5.97 Å². The van der Waals surface area contributed by atoms with Gasteiger partial charge in [0.25, 0.3) is 0 Å². The predicted octanol–water partition coefficient (Wildman–Crippen LogP) is 2.07. The van der Waals surface area contributed by atoms with Crippen molar-refractivity contribution in [1.29, 1.82) is 0 Å². The summed E-state index contributed by atoms with van der Waals surface area (Å²) in [6.07, 6.45) is 4.94. The van der Waals surface area contributed by atoms with Crippen LogP contribution in [0.25, 0.3) is 6.08 Å². The number of rotatable bonds is 5. The highest BCUT2D eigenvalue weighted by atomic mass is 32.1. The van der Waals surface area contributed by atoms with Crippen LogP contribution in [0.4, 0.5) is 0 Å². The Morgan fingerprint density at radius 3 is 3.00 bits per heavy atom. The molecule has 0 amide bonds. The van der Waals surface area contributed by atoms with Crippen LogP contribution in [-0.4, -0.2) is 24.7 Å². The first kappa shape index (κ1) is 10.9. The first-order chi connectivity index (χ1) is 6.74. The fourth-order valence-corrected chi connectivity index (χ4v) is 1.76. The molecule has 1 rings (SSSR count). The molecule has 1 heterocycles. The van der Waals surface area contributed by atoms with E-state index >= 15 is 0 Å². The van der Waals surface area contributed by atoms with Gasteiger partial charge >= 0.3 is 5.97 Å². The quantitative estimate of drug-likeness (QED) is 0.733. The molecule has 0 radical (unpaired) electrons. The monoisotopic (exact) mass is 211 g/mol. The van der Waals surface area contributed by atoms with Gasteiger partial charge in [-0.25, -0.2) is 4.79 Å². The molecule has 2 N–H and O–H groups in total. The molecular formula is C10H13NO2S. The van der Waals surface area contributed by atoms with Gasteiger partial charge in [-0.2, -0.15) is 0 Å². The van der Waals surface area contributed by atoms with Crippen LogP contribution in [0.15, 0.2) is 18.2 Å². The van der Waals surface area contributed by atoms with Crippen molar-refractivity contribution in [2.45, 2.75) is 6.42 Å². The number of nitrogens with one attached hydrogen (secondary N) is 1. The summed E-state index contributed by atoms with van der Waals surface area (Å²) in [5.41, 5.74) is 0. The minimum atomic E-state index is -0.857. The maximum atomic E-state index is 10.6. The standard InChI is InChI=1S/C10H13NO2S/c1-11-7-3-2-4-8-5-6-9(14-8)10(12)13/h2,4-6,11H,3,7H2,1H3,(H,12,13). The lowest BCUT2D eigenvalue weighted by Gasteiger charge is -1.90. The Bertz CT molecular complexity index is 331. The molecule has 0 aliphatic rings. The van der Waals surface area contributed by atoms with Gasteiger partial charge in [-0.3, -0.25) is 0 Å². The normalized spacial score (nSPS) is 10.9. The van der Waals surface area contributed by atoms with Crippen molar-refractivity contribution in [2.24, 2.45) is 0 Å². The molecule has 76 valence electrons. The third kappa shape index (κ3) is 3.32. The Balaban J connectivity index is 2.51. The number of carboxylic acids is 1. The van der Waals surface area contributed by atoms with Gasteiger partial charge < -0.3 is 10.4 Å². The van der Waals surface area contributed by atoms with Gasteiger partial charge in [-0.15, -0.1) is 11.3 Å². The lowest BCUT2D eigenvalue weighted by atomic mass is 10.3. The van der Waals surface area contributed by atoms with Crippen molar-refractivity contribution in [3.8, 4) is 0 Å². The molecule has 0 fully saturated rings. The molecule has 0 unspecified atom stereocenters. The van der Waals surface area contributed by atoms with E-state index in [1.54, 1.807) is 6.07 Å². The molecule has 4 heteroatoms. The fourth-order valence-electron chi connectivity index (χ4n) is 0.985. The topological polar surface area (TPSA) is 49.3 Å². The molecule has 1 aromatic rings. The van der Waals surface area contributed by atoms with E-state index in [0.717, 1.165) is 17.8 Å². The van der Waals surface area contributed by atoms with Crippen molar-refractivity contribution in [3.05, 3.63) is 28.0 Å². The van der Waals surface area contributed by atoms with Crippen LogP contribution in [-0.2, 0) is 0 Å². The van der Waals surface area contributed by atoms with Crippen molar-refractivity contribution < 1.29 is 9.90 Å². The summed E-state index contributed by atoms with van der Waals surface area (Å²) in [7, 11) is 1.90. The largest absolute Gasteiger partial charge is 0.477 e. The Kier molecular flexibility index (Phi) is 4.35. The summed E-state index contributed by atoms with van der Waals surface area (Å²) < 4.78 is 0. The molecule has 14 heavy (non-hydrogen) atoms. The van der Waals surface area contributed by atoms with Crippen LogP contribution in [0.3, 0.4) is 0 Å². The van der Waals surface area contributed by atoms with Gasteiger partial charge in [0.1, 0.15) is 4.88 Å². The van der Waals surface area contributed by atoms with Crippen LogP contribution in [0.2, 0.25) is 0 Å². The second-order valence-electron chi connectivity index (χ2n) is 2.80. The Morgan fingerprint density at radius 1 is 1.64 bits per heavy atom. The first-order valence-electron chi connectivity index (χ1n) is 4.38. The van der Waals surface area contributed by atoms with Gasteiger partial charge in [-0.05, 0) is 38.2 Å². The predicted molar refractivity (Wildman–Crippen MR) is 58.9 cm³/mol. The zero-order valence-corrected chi connectivity index (χ0v) is 8.80. The van der Waals surface area contributed by atoms with Crippen molar-refractivity contribution in [1.82, 2.24) is 5.32 Å². The van der Waals surface area contributed by atoms with E-state index in [-0.39, 0.29) is 0 Å². The summed E-state index contributed by atoms with van der Waals surface area (Å²) >= 11 is 1.29. The molecule has 0 aliphatic carbocycles. The minimum Gasteiger partial charge on any atom is -0.477 e. The summed E-state index contributed by atoms with van der Waals surface area (Å²) in [5, 5.41) is 11.7. The fraction of sp³-hybridized carbons (Fsp3) is 0.300.